The molecule has 0 aliphatic carbocycles. The summed E-state index contributed by atoms with van der Waals surface area (Å²) in [5, 5.41) is 0. The number of carbonyl (C=O) groups excluding carboxylic acids is 1. The van der Waals surface area contributed by atoms with E-state index >= 15 is 0 Å². The second-order valence-electron chi connectivity index (χ2n) is 7.95. The third-order valence-corrected chi connectivity index (χ3v) is 7.32. The fourth-order valence-electron chi connectivity index (χ4n) is 3.77. The molecule has 0 aromatic heterocycles. The summed E-state index contributed by atoms with van der Waals surface area (Å²) >= 11 is 0. The van der Waals surface area contributed by atoms with Crippen molar-refractivity contribution in [1.29, 1.82) is 0 Å². The fraction of sp³-hybridized carbons (Fsp3) is 0.435. The van der Waals surface area contributed by atoms with E-state index in [2.05, 4.69) is 6.92 Å². The zero-order valence-electron chi connectivity index (χ0n) is 18.5. The van der Waals surface area contributed by atoms with Crippen molar-refractivity contribution in [3.05, 3.63) is 48.0 Å². The van der Waals surface area contributed by atoms with Gasteiger partial charge in [0.2, 0.25) is 5.91 Å². The predicted octanol–water partition coefficient (Wildman–Crippen LogP) is 3.47. The van der Waals surface area contributed by atoms with Crippen LogP contribution in [-0.2, 0) is 14.8 Å². The second-order valence-corrected chi connectivity index (χ2v) is 9.81. The molecule has 0 saturated carbocycles. The normalized spacial score (nSPS) is 16.6. The van der Waals surface area contributed by atoms with Crippen LogP contribution in [0.3, 0.4) is 0 Å². The third kappa shape index (κ3) is 5.12. The number of aryl methyl sites for hydroxylation is 1. The zero-order valence-corrected chi connectivity index (χ0v) is 19.3. The van der Waals surface area contributed by atoms with E-state index in [4.69, 9.17) is 9.47 Å². The molecule has 3 rings (SSSR count). The first-order valence-corrected chi connectivity index (χ1v) is 11.8. The number of benzene rings is 2. The molecule has 1 heterocycles. The van der Waals surface area contributed by atoms with Crippen molar-refractivity contribution in [2.75, 3.05) is 38.2 Å². The molecule has 1 atom stereocenters. The van der Waals surface area contributed by atoms with Crippen LogP contribution in [0.2, 0.25) is 0 Å². The van der Waals surface area contributed by atoms with Gasteiger partial charge in [-0.15, -0.1) is 0 Å². The van der Waals surface area contributed by atoms with Crippen molar-refractivity contribution in [1.82, 2.24) is 4.90 Å². The monoisotopic (exact) mass is 446 g/mol. The lowest BCUT2D eigenvalue weighted by molar-refractivity contribution is -0.131. The van der Waals surface area contributed by atoms with Crippen LogP contribution in [-0.4, -0.2) is 53.1 Å². The largest absolute Gasteiger partial charge is 0.493 e. The highest BCUT2D eigenvalue weighted by Crippen LogP contribution is 2.32. The van der Waals surface area contributed by atoms with Gasteiger partial charge in [0.05, 0.1) is 24.8 Å². The average Bonchev–Trinajstić information content (AvgIpc) is 2.77. The average molecular weight is 447 g/mol. The molecule has 0 N–H and O–H groups in total. The minimum atomic E-state index is -4.02. The highest BCUT2D eigenvalue weighted by Gasteiger charge is 2.31. The van der Waals surface area contributed by atoms with Gasteiger partial charge in [0, 0.05) is 19.2 Å². The van der Waals surface area contributed by atoms with Crippen LogP contribution in [0.1, 0.15) is 25.3 Å². The van der Waals surface area contributed by atoms with E-state index < -0.39 is 10.0 Å². The molecule has 0 radical (unpaired) electrons. The summed E-state index contributed by atoms with van der Waals surface area (Å²) in [6.07, 6.45) is 2.01. The molecule has 2 aromatic carbocycles. The molecule has 168 valence electrons. The number of anilines is 1. The van der Waals surface area contributed by atoms with Crippen LogP contribution < -0.4 is 13.8 Å². The molecule has 7 nitrogen and oxygen atoms in total. The number of carbonyl (C=O) groups is 1. The number of likely N-dealkylation sites (tertiary alicyclic amines) is 1. The molecule has 0 spiro atoms. The SMILES string of the molecule is COc1ccc(S(=O)(=O)N(CC(=O)N2CCC[C@H](C)C2)c2ccc(C)cc2)cc1OC. The molecule has 2 aromatic rings. The van der Waals surface area contributed by atoms with Crippen LogP contribution >= 0.6 is 0 Å². The van der Waals surface area contributed by atoms with Crippen molar-refractivity contribution in [2.24, 2.45) is 5.92 Å². The number of hydrogen-bond acceptors (Lipinski definition) is 5. The van der Waals surface area contributed by atoms with Crippen molar-refractivity contribution >= 4 is 21.6 Å². The number of hydrogen-bond donors (Lipinski definition) is 0. The topological polar surface area (TPSA) is 76.2 Å². The Bertz CT molecular complexity index is 1020. The van der Waals surface area contributed by atoms with Gasteiger partial charge in [-0.1, -0.05) is 24.6 Å². The van der Waals surface area contributed by atoms with Gasteiger partial charge in [-0.2, -0.15) is 0 Å². The number of nitrogens with zero attached hydrogens (tertiary/aromatic N) is 2. The number of piperidine rings is 1. The minimum absolute atomic E-state index is 0.0329. The molecule has 0 bridgehead atoms. The van der Waals surface area contributed by atoms with Crippen LogP contribution in [0.15, 0.2) is 47.4 Å². The quantitative estimate of drug-likeness (QED) is 0.651. The summed E-state index contributed by atoms with van der Waals surface area (Å²) in [6.45, 7) is 5.08. The molecule has 8 heteroatoms. The van der Waals surface area contributed by atoms with Gasteiger partial charge in [-0.25, -0.2) is 8.42 Å². The molecule has 0 unspecified atom stereocenters. The third-order valence-electron chi connectivity index (χ3n) is 5.55. The molecule has 1 saturated heterocycles. The van der Waals surface area contributed by atoms with E-state index in [1.54, 1.807) is 23.1 Å². The summed E-state index contributed by atoms with van der Waals surface area (Å²) in [7, 11) is -1.08. The maximum atomic E-state index is 13.6. The standard InChI is InChI=1S/C23H30N2O5S/c1-17-7-9-19(10-8-17)25(16-23(26)24-13-5-6-18(2)15-24)31(27,28)20-11-12-21(29-3)22(14-20)30-4/h7-12,14,18H,5-6,13,15-16H2,1-4H3/t18-/m0/s1. The van der Waals surface area contributed by atoms with Crippen LogP contribution in [0.25, 0.3) is 0 Å². The van der Waals surface area contributed by atoms with Gasteiger partial charge in [-0.05, 0) is 49.9 Å². The first-order valence-electron chi connectivity index (χ1n) is 10.4. The zero-order chi connectivity index (χ0) is 22.6. The highest BCUT2D eigenvalue weighted by atomic mass is 32.2. The summed E-state index contributed by atoms with van der Waals surface area (Å²) < 4.78 is 38.9. The van der Waals surface area contributed by atoms with E-state index in [1.165, 1.54) is 30.7 Å². The number of ether oxygens (including phenoxy) is 2. The van der Waals surface area contributed by atoms with Gasteiger partial charge in [-0.3, -0.25) is 9.10 Å². The lowest BCUT2D eigenvalue weighted by Crippen LogP contribution is -2.46. The first kappa shape index (κ1) is 22.9. The van der Waals surface area contributed by atoms with Gasteiger partial charge in [0.15, 0.2) is 11.5 Å². The van der Waals surface area contributed by atoms with Gasteiger partial charge in [0.1, 0.15) is 6.54 Å². The van der Waals surface area contributed by atoms with Gasteiger partial charge < -0.3 is 14.4 Å². The molecule has 1 amide bonds. The number of amides is 1. The Balaban J connectivity index is 1.99. The lowest BCUT2D eigenvalue weighted by Gasteiger charge is -2.33. The van der Waals surface area contributed by atoms with Crippen LogP contribution in [0.4, 0.5) is 5.69 Å². The fourth-order valence-corrected chi connectivity index (χ4v) is 5.20. The van der Waals surface area contributed by atoms with Crippen LogP contribution in [0.5, 0.6) is 11.5 Å². The van der Waals surface area contributed by atoms with E-state index in [-0.39, 0.29) is 17.3 Å². The summed E-state index contributed by atoms with van der Waals surface area (Å²) in [4.78, 5) is 14.9. The Kier molecular flexibility index (Phi) is 7.10. The van der Waals surface area contributed by atoms with E-state index in [0.717, 1.165) is 18.4 Å². The smallest absolute Gasteiger partial charge is 0.264 e. The first-order chi connectivity index (χ1) is 14.8. The maximum absolute atomic E-state index is 13.6. The Morgan fingerprint density at radius 1 is 1.10 bits per heavy atom. The predicted molar refractivity (Wildman–Crippen MR) is 120 cm³/mol. The van der Waals surface area contributed by atoms with Crippen molar-refractivity contribution in [3.8, 4) is 11.5 Å². The van der Waals surface area contributed by atoms with E-state index in [1.807, 2.05) is 19.1 Å². The summed E-state index contributed by atoms with van der Waals surface area (Å²) in [6, 6.07) is 11.5. The molecular formula is C23H30N2O5S. The summed E-state index contributed by atoms with van der Waals surface area (Å²) in [5.41, 5.74) is 1.45. The highest BCUT2D eigenvalue weighted by molar-refractivity contribution is 7.92. The summed E-state index contributed by atoms with van der Waals surface area (Å²) in [5.74, 6) is 0.953. The second kappa shape index (κ2) is 9.60. The molecule has 1 fully saturated rings. The van der Waals surface area contributed by atoms with Crippen molar-refractivity contribution < 1.29 is 22.7 Å². The number of rotatable bonds is 7. The molecule has 31 heavy (non-hydrogen) atoms. The Hall–Kier alpha value is -2.74. The number of methoxy groups -OCH3 is 2. The minimum Gasteiger partial charge on any atom is -0.493 e. The van der Waals surface area contributed by atoms with Gasteiger partial charge in [0.25, 0.3) is 10.0 Å². The van der Waals surface area contributed by atoms with E-state index in [0.29, 0.717) is 36.2 Å². The Labute approximate surface area is 184 Å². The van der Waals surface area contributed by atoms with E-state index in [9.17, 15) is 13.2 Å². The molecule has 1 aliphatic rings. The Morgan fingerprint density at radius 2 is 1.77 bits per heavy atom. The van der Waals surface area contributed by atoms with Crippen molar-refractivity contribution in [3.63, 3.8) is 0 Å². The number of sulfonamides is 1. The molecular weight excluding hydrogens is 416 g/mol. The molecule has 1 aliphatic heterocycles. The van der Waals surface area contributed by atoms with Crippen molar-refractivity contribution in [2.45, 2.75) is 31.6 Å². The maximum Gasteiger partial charge on any atom is 0.264 e. The van der Waals surface area contributed by atoms with Crippen LogP contribution in [0, 0.1) is 12.8 Å². The lowest BCUT2D eigenvalue weighted by atomic mass is 10.0. The Morgan fingerprint density at radius 3 is 2.39 bits per heavy atom. The van der Waals surface area contributed by atoms with Gasteiger partial charge >= 0.3 is 0 Å².